The Labute approximate surface area is 175 Å². The van der Waals surface area contributed by atoms with Crippen LogP contribution < -0.4 is 10.6 Å². The third-order valence-electron chi connectivity index (χ3n) is 4.25. The van der Waals surface area contributed by atoms with E-state index in [1.807, 2.05) is 41.8 Å². The van der Waals surface area contributed by atoms with Crippen LogP contribution in [-0.2, 0) is 0 Å². The number of hydrogen-bond donors (Lipinski definition) is 2. The SMILES string of the molecule is CN(C)C(=O)c1nc(Nc2ccc3ccccc3c2)sc1NC(=O)c1ccsc1. The van der Waals surface area contributed by atoms with Crippen LogP contribution in [0.1, 0.15) is 20.8 Å². The van der Waals surface area contributed by atoms with Crippen molar-refractivity contribution >= 4 is 61.1 Å². The van der Waals surface area contributed by atoms with Crippen LogP contribution >= 0.6 is 22.7 Å². The lowest BCUT2D eigenvalue weighted by Gasteiger charge is -2.09. The third-order valence-corrected chi connectivity index (χ3v) is 5.82. The van der Waals surface area contributed by atoms with Crippen LogP contribution in [0.25, 0.3) is 10.8 Å². The molecule has 146 valence electrons. The summed E-state index contributed by atoms with van der Waals surface area (Å²) in [6.07, 6.45) is 0. The van der Waals surface area contributed by atoms with E-state index in [-0.39, 0.29) is 17.5 Å². The summed E-state index contributed by atoms with van der Waals surface area (Å²) in [6.45, 7) is 0. The molecule has 2 N–H and O–H groups in total. The fourth-order valence-electron chi connectivity index (χ4n) is 2.77. The van der Waals surface area contributed by atoms with Crippen molar-refractivity contribution in [2.45, 2.75) is 0 Å². The number of rotatable bonds is 5. The summed E-state index contributed by atoms with van der Waals surface area (Å²) >= 11 is 2.67. The number of carbonyl (C=O) groups excluding carboxylic acids is 2. The van der Waals surface area contributed by atoms with E-state index >= 15 is 0 Å². The van der Waals surface area contributed by atoms with Crippen LogP contribution in [0, 0.1) is 0 Å². The van der Waals surface area contributed by atoms with E-state index in [2.05, 4.69) is 21.7 Å². The van der Waals surface area contributed by atoms with E-state index in [0.29, 0.717) is 15.7 Å². The zero-order valence-electron chi connectivity index (χ0n) is 15.8. The largest absolute Gasteiger partial charge is 0.343 e. The molecule has 2 aromatic heterocycles. The lowest BCUT2D eigenvalue weighted by molar-refractivity contribution is 0.0824. The number of aromatic nitrogens is 1. The van der Waals surface area contributed by atoms with E-state index < -0.39 is 0 Å². The van der Waals surface area contributed by atoms with Crippen molar-refractivity contribution in [3.8, 4) is 0 Å². The highest BCUT2D eigenvalue weighted by Crippen LogP contribution is 2.32. The number of thiophene rings is 1. The van der Waals surface area contributed by atoms with Crippen LogP contribution in [-0.4, -0.2) is 35.8 Å². The Kier molecular flexibility index (Phi) is 5.28. The topological polar surface area (TPSA) is 74.3 Å². The Hall–Kier alpha value is -3.23. The second-order valence-corrected chi connectivity index (χ2v) is 8.33. The number of nitrogens with zero attached hydrogens (tertiary/aromatic N) is 2. The molecule has 2 amide bonds. The summed E-state index contributed by atoms with van der Waals surface area (Å²) in [5.41, 5.74) is 1.62. The average molecular weight is 423 g/mol. The Morgan fingerprint density at radius 1 is 1.03 bits per heavy atom. The van der Waals surface area contributed by atoms with Crippen LogP contribution in [0.15, 0.2) is 59.3 Å². The normalized spacial score (nSPS) is 10.7. The summed E-state index contributed by atoms with van der Waals surface area (Å²) in [5, 5.41) is 12.9. The van der Waals surface area contributed by atoms with Gasteiger partial charge in [0.05, 0.1) is 5.56 Å². The Morgan fingerprint density at radius 2 is 1.83 bits per heavy atom. The zero-order chi connectivity index (χ0) is 20.4. The van der Waals surface area contributed by atoms with E-state index in [0.717, 1.165) is 16.5 Å². The third kappa shape index (κ3) is 4.13. The first-order valence-corrected chi connectivity index (χ1v) is 10.6. The molecule has 0 unspecified atom stereocenters. The predicted molar refractivity (Wildman–Crippen MR) is 120 cm³/mol. The van der Waals surface area contributed by atoms with Crippen molar-refractivity contribution in [1.29, 1.82) is 0 Å². The summed E-state index contributed by atoms with van der Waals surface area (Å²) in [7, 11) is 3.31. The highest BCUT2D eigenvalue weighted by atomic mass is 32.1. The molecule has 29 heavy (non-hydrogen) atoms. The minimum Gasteiger partial charge on any atom is -0.343 e. The number of hydrogen-bond acceptors (Lipinski definition) is 6. The van der Waals surface area contributed by atoms with Crippen molar-refractivity contribution in [3.63, 3.8) is 0 Å². The van der Waals surface area contributed by atoms with Gasteiger partial charge in [0.25, 0.3) is 11.8 Å². The maximum Gasteiger partial charge on any atom is 0.275 e. The molecule has 2 aromatic carbocycles. The minimum absolute atomic E-state index is 0.215. The Balaban J connectivity index is 1.64. The molecule has 6 nitrogen and oxygen atoms in total. The fraction of sp³-hybridized carbons (Fsp3) is 0.0952. The number of nitrogens with one attached hydrogen (secondary N) is 2. The fourth-order valence-corrected chi connectivity index (χ4v) is 4.28. The number of amides is 2. The molecule has 2 heterocycles. The van der Waals surface area contributed by atoms with Gasteiger partial charge in [0.1, 0.15) is 5.00 Å². The van der Waals surface area contributed by atoms with Crippen molar-refractivity contribution < 1.29 is 9.59 Å². The molecular weight excluding hydrogens is 404 g/mol. The van der Waals surface area contributed by atoms with Crippen molar-refractivity contribution in [2.24, 2.45) is 0 Å². The highest BCUT2D eigenvalue weighted by Gasteiger charge is 2.22. The van der Waals surface area contributed by atoms with Crippen molar-refractivity contribution in [3.05, 3.63) is 70.5 Å². The molecule has 0 aliphatic heterocycles. The molecule has 0 aliphatic rings. The van der Waals surface area contributed by atoms with Gasteiger partial charge in [0, 0.05) is 25.2 Å². The van der Waals surface area contributed by atoms with Crippen molar-refractivity contribution in [1.82, 2.24) is 9.88 Å². The van der Waals surface area contributed by atoms with E-state index in [1.54, 1.807) is 25.5 Å². The average Bonchev–Trinajstić information content (AvgIpc) is 3.37. The highest BCUT2D eigenvalue weighted by molar-refractivity contribution is 7.20. The number of benzene rings is 2. The van der Waals surface area contributed by atoms with Gasteiger partial charge < -0.3 is 15.5 Å². The summed E-state index contributed by atoms with van der Waals surface area (Å²) < 4.78 is 0. The van der Waals surface area contributed by atoms with Crippen LogP contribution in [0.2, 0.25) is 0 Å². The predicted octanol–water partition coefficient (Wildman–Crippen LogP) is 5.06. The second-order valence-electron chi connectivity index (χ2n) is 6.55. The van der Waals surface area contributed by atoms with E-state index in [4.69, 9.17) is 0 Å². The van der Waals surface area contributed by atoms with Gasteiger partial charge in [-0.3, -0.25) is 9.59 Å². The molecule has 0 saturated carbocycles. The molecule has 0 aliphatic carbocycles. The zero-order valence-corrected chi connectivity index (χ0v) is 17.4. The summed E-state index contributed by atoms with van der Waals surface area (Å²) in [4.78, 5) is 30.9. The van der Waals surface area contributed by atoms with E-state index in [9.17, 15) is 9.59 Å². The molecular formula is C21H18N4O2S2. The van der Waals surface area contributed by atoms with Crippen LogP contribution in [0.5, 0.6) is 0 Å². The quantitative estimate of drug-likeness (QED) is 0.472. The lowest BCUT2D eigenvalue weighted by Crippen LogP contribution is -2.24. The molecule has 8 heteroatoms. The first-order chi connectivity index (χ1) is 14.0. The number of fused-ring (bicyclic) bond motifs is 1. The monoisotopic (exact) mass is 422 g/mol. The van der Waals surface area contributed by atoms with Crippen LogP contribution in [0.4, 0.5) is 15.8 Å². The van der Waals surface area contributed by atoms with Crippen molar-refractivity contribution in [2.75, 3.05) is 24.7 Å². The molecule has 0 bridgehead atoms. The maximum absolute atomic E-state index is 12.6. The molecule has 0 saturated heterocycles. The summed E-state index contributed by atoms with van der Waals surface area (Å²) in [5.74, 6) is -0.534. The second kappa shape index (κ2) is 8.02. The molecule has 0 radical (unpaired) electrons. The molecule has 0 atom stereocenters. The number of thiazole rings is 1. The van der Waals surface area contributed by atoms with Gasteiger partial charge in [-0.05, 0) is 34.4 Å². The van der Waals surface area contributed by atoms with Gasteiger partial charge in [-0.25, -0.2) is 4.98 Å². The van der Waals surface area contributed by atoms with Gasteiger partial charge in [0.2, 0.25) is 0 Å². The van der Waals surface area contributed by atoms with Gasteiger partial charge in [-0.1, -0.05) is 41.7 Å². The maximum atomic E-state index is 12.6. The minimum atomic E-state index is -0.270. The Bertz CT molecular complexity index is 1180. The standard InChI is InChI=1S/C21H18N4O2S2/c1-25(2)20(27)17-19(24-18(26)15-9-10-28-12-15)29-21(23-17)22-16-8-7-13-5-3-4-6-14(13)11-16/h3-12H,1-2H3,(H,22,23)(H,24,26). The first kappa shape index (κ1) is 19.1. The number of anilines is 3. The van der Waals surface area contributed by atoms with Gasteiger partial charge in [-0.15, -0.1) is 0 Å². The Morgan fingerprint density at radius 3 is 2.55 bits per heavy atom. The van der Waals surface area contributed by atoms with Crippen LogP contribution in [0.3, 0.4) is 0 Å². The van der Waals surface area contributed by atoms with Gasteiger partial charge in [0.15, 0.2) is 10.8 Å². The van der Waals surface area contributed by atoms with Gasteiger partial charge >= 0.3 is 0 Å². The van der Waals surface area contributed by atoms with E-state index in [1.165, 1.54) is 27.6 Å². The molecule has 4 rings (SSSR count). The van der Waals surface area contributed by atoms with Gasteiger partial charge in [-0.2, -0.15) is 11.3 Å². The molecule has 0 fully saturated rings. The smallest absolute Gasteiger partial charge is 0.275 e. The lowest BCUT2D eigenvalue weighted by atomic mass is 10.1. The summed E-state index contributed by atoms with van der Waals surface area (Å²) in [6, 6.07) is 15.8. The molecule has 0 spiro atoms. The number of carbonyl (C=O) groups is 2. The first-order valence-electron chi connectivity index (χ1n) is 8.83. The molecule has 4 aromatic rings.